The first-order valence-corrected chi connectivity index (χ1v) is 10.7. The van der Waals surface area contributed by atoms with Crippen LogP contribution >= 0.6 is 11.6 Å². The fraction of sp³-hybridized carbons (Fsp3) is 0.391. The van der Waals surface area contributed by atoms with Crippen LogP contribution in [0.25, 0.3) is 11.3 Å². The Hall–Kier alpha value is -2.37. The van der Waals surface area contributed by atoms with Gasteiger partial charge < -0.3 is 4.90 Å². The monoisotopic (exact) mass is 409 g/mol. The number of piperazine rings is 1. The molecular formula is C23H28ClN5. The summed E-state index contributed by atoms with van der Waals surface area (Å²) < 4.78 is 1.97. The summed E-state index contributed by atoms with van der Waals surface area (Å²) in [5.41, 5.74) is 6.12. The lowest BCUT2D eigenvalue weighted by Gasteiger charge is -2.37. The minimum atomic E-state index is 0.735. The van der Waals surface area contributed by atoms with Crippen LogP contribution in [0.3, 0.4) is 0 Å². The summed E-state index contributed by atoms with van der Waals surface area (Å²) in [6, 6.07) is 14.5. The minimum absolute atomic E-state index is 0.735. The molecule has 0 saturated carbocycles. The molecule has 1 aliphatic heterocycles. The number of aromatic nitrogens is 3. The zero-order valence-corrected chi connectivity index (χ0v) is 17.9. The van der Waals surface area contributed by atoms with E-state index in [4.69, 9.17) is 11.6 Å². The molecule has 6 heteroatoms. The van der Waals surface area contributed by atoms with Gasteiger partial charge in [-0.1, -0.05) is 47.1 Å². The summed E-state index contributed by atoms with van der Waals surface area (Å²) >= 11 is 6.35. The third kappa shape index (κ3) is 4.46. The second kappa shape index (κ2) is 8.97. The standard InChI is InChI=1S/C23H28ClN5/c1-18-7-5-10-22(19(18)2)28-15-13-27(14-16-28)11-6-12-29-23(17-25-26-29)20-8-3-4-9-21(20)24/h3-5,7-10,17H,6,11-16H2,1-2H3. The van der Waals surface area contributed by atoms with Crippen LogP contribution in [0.15, 0.2) is 48.7 Å². The molecule has 152 valence electrons. The Bertz CT molecular complexity index is 959. The van der Waals surface area contributed by atoms with Crippen molar-refractivity contribution < 1.29 is 0 Å². The minimum Gasteiger partial charge on any atom is -0.369 e. The van der Waals surface area contributed by atoms with Gasteiger partial charge in [0.05, 0.1) is 16.9 Å². The van der Waals surface area contributed by atoms with Gasteiger partial charge in [-0.15, -0.1) is 5.10 Å². The van der Waals surface area contributed by atoms with Crippen molar-refractivity contribution in [2.24, 2.45) is 0 Å². The van der Waals surface area contributed by atoms with E-state index >= 15 is 0 Å². The maximum absolute atomic E-state index is 6.35. The Morgan fingerprint density at radius 3 is 2.52 bits per heavy atom. The molecule has 0 N–H and O–H groups in total. The number of nitrogens with zero attached hydrogens (tertiary/aromatic N) is 5. The van der Waals surface area contributed by atoms with E-state index in [9.17, 15) is 0 Å². The van der Waals surface area contributed by atoms with Crippen molar-refractivity contribution in [3.8, 4) is 11.3 Å². The quantitative estimate of drug-likeness (QED) is 0.603. The molecule has 1 saturated heterocycles. The molecule has 3 aromatic rings. The molecule has 2 aromatic carbocycles. The van der Waals surface area contributed by atoms with Gasteiger partial charge in [0.25, 0.3) is 0 Å². The summed E-state index contributed by atoms with van der Waals surface area (Å²) in [4.78, 5) is 5.07. The highest BCUT2D eigenvalue weighted by atomic mass is 35.5. The highest BCUT2D eigenvalue weighted by Crippen LogP contribution is 2.27. The maximum atomic E-state index is 6.35. The molecule has 0 unspecified atom stereocenters. The van der Waals surface area contributed by atoms with E-state index in [-0.39, 0.29) is 0 Å². The largest absolute Gasteiger partial charge is 0.369 e. The molecule has 4 rings (SSSR count). The number of hydrogen-bond donors (Lipinski definition) is 0. The number of benzene rings is 2. The zero-order valence-electron chi connectivity index (χ0n) is 17.2. The van der Waals surface area contributed by atoms with Crippen LogP contribution in [0, 0.1) is 13.8 Å². The number of anilines is 1. The number of rotatable bonds is 6. The SMILES string of the molecule is Cc1cccc(N2CCN(CCCn3nncc3-c3ccccc3Cl)CC2)c1C. The fourth-order valence-corrected chi connectivity index (χ4v) is 4.27. The molecule has 29 heavy (non-hydrogen) atoms. The van der Waals surface area contributed by atoms with E-state index in [0.717, 1.165) is 62.0 Å². The van der Waals surface area contributed by atoms with Crippen LogP contribution in [0.1, 0.15) is 17.5 Å². The first-order chi connectivity index (χ1) is 14.1. The first-order valence-electron chi connectivity index (χ1n) is 10.3. The van der Waals surface area contributed by atoms with Crippen LogP contribution in [-0.4, -0.2) is 52.6 Å². The lowest BCUT2D eigenvalue weighted by Crippen LogP contribution is -2.47. The lowest BCUT2D eigenvalue weighted by molar-refractivity contribution is 0.249. The van der Waals surface area contributed by atoms with Crippen molar-refractivity contribution in [2.75, 3.05) is 37.6 Å². The summed E-state index contributed by atoms with van der Waals surface area (Å²) in [6.45, 7) is 10.7. The van der Waals surface area contributed by atoms with Crippen molar-refractivity contribution in [3.05, 3.63) is 64.8 Å². The van der Waals surface area contributed by atoms with Crippen molar-refractivity contribution >= 4 is 17.3 Å². The van der Waals surface area contributed by atoms with Gasteiger partial charge >= 0.3 is 0 Å². The molecule has 0 amide bonds. The third-order valence-electron chi connectivity index (χ3n) is 5.90. The van der Waals surface area contributed by atoms with Gasteiger partial charge in [0.2, 0.25) is 0 Å². The first kappa shape index (κ1) is 19.9. The maximum Gasteiger partial charge on any atom is 0.0900 e. The topological polar surface area (TPSA) is 37.2 Å². The molecule has 1 fully saturated rings. The molecule has 2 heterocycles. The average Bonchev–Trinajstić information content (AvgIpc) is 3.19. The van der Waals surface area contributed by atoms with Crippen LogP contribution in [0.4, 0.5) is 5.69 Å². The van der Waals surface area contributed by atoms with Gasteiger partial charge in [0.15, 0.2) is 0 Å². The smallest absolute Gasteiger partial charge is 0.0900 e. The van der Waals surface area contributed by atoms with Gasteiger partial charge in [-0.2, -0.15) is 0 Å². The van der Waals surface area contributed by atoms with E-state index < -0.39 is 0 Å². The lowest BCUT2D eigenvalue weighted by atomic mass is 10.1. The third-order valence-corrected chi connectivity index (χ3v) is 6.23. The number of aryl methyl sites for hydroxylation is 2. The Morgan fingerprint density at radius 2 is 1.72 bits per heavy atom. The molecule has 0 radical (unpaired) electrons. The summed E-state index contributed by atoms with van der Waals surface area (Å²) in [5.74, 6) is 0. The Kier molecular flexibility index (Phi) is 6.16. The summed E-state index contributed by atoms with van der Waals surface area (Å²) in [6.07, 6.45) is 2.84. The fourth-order valence-electron chi connectivity index (χ4n) is 4.04. The molecule has 1 aromatic heterocycles. The Labute approximate surface area is 177 Å². The number of hydrogen-bond acceptors (Lipinski definition) is 4. The summed E-state index contributed by atoms with van der Waals surface area (Å²) in [5, 5.41) is 9.10. The molecule has 1 aliphatic rings. The Balaban J connectivity index is 1.30. The molecule has 0 atom stereocenters. The van der Waals surface area contributed by atoms with Crippen LogP contribution in [-0.2, 0) is 6.54 Å². The van der Waals surface area contributed by atoms with Crippen molar-refractivity contribution in [1.29, 1.82) is 0 Å². The Morgan fingerprint density at radius 1 is 0.931 bits per heavy atom. The van der Waals surface area contributed by atoms with Gasteiger partial charge in [-0.3, -0.25) is 4.90 Å². The van der Waals surface area contributed by atoms with E-state index in [2.05, 4.69) is 52.2 Å². The second-order valence-corrected chi connectivity index (χ2v) is 8.13. The van der Waals surface area contributed by atoms with Crippen LogP contribution < -0.4 is 4.90 Å². The van der Waals surface area contributed by atoms with E-state index in [0.29, 0.717) is 0 Å². The van der Waals surface area contributed by atoms with E-state index in [1.165, 1.54) is 16.8 Å². The van der Waals surface area contributed by atoms with E-state index in [1.807, 2.05) is 28.9 Å². The van der Waals surface area contributed by atoms with Gasteiger partial charge in [0, 0.05) is 50.5 Å². The molecular weight excluding hydrogens is 382 g/mol. The molecule has 0 aliphatic carbocycles. The van der Waals surface area contributed by atoms with Crippen molar-refractivity contribution in [2.45, 2.75) is 26.8 Å². The normalized spacial score (nSPS) is 15.1. The molecule has 0 bridgehead atoms. The predicted octanol–water partition coefficient (Wildman–Crippen LogP) is 4.43. The van der Waals surface area contributed by atoms with Crippen molar-refractivity contribution in [1.82, 2.24) is 19.9 Å². The predicted molar refractivity (Wildman–Crippen MR) is 120 cm³/mol. The molecule has 0 spiro atoms. The number of halogens is 1. The van der Waals surface area contributed by atoms with E-state index in [1.54, 1.807) is 6.20 Å². The average molecular weight is 410 g/mol. The zero-order chi connectivity index (χ0) is 20.2. The van der Waals surface area contributed by atoms with Crippen LogP contribution in [0.2, 0.25) is 5.02 Å². The van der Waals surface area contributed by atoms with Gasteiger partial charge in [-0.05, 0) is 43.5 Å². The molecule has 5 nitrogen and oxygen atoms in total. The highest BCUT2D eigenvalue weighted by molar-refractivity contribution is 6.33. The van der Waals surface area contributed by atoms with Crippen molar-refractivity contribution in [3.63, 3.8) is 0 Å². The van der Waals surface area contributed by atoms with Gasteiger partial charge in [-0.25, -0.2) is 4.68 Å². The highest BCUT2D eigenvalue weighted by Gasteiger charge is 2.18. The summed E-state index contributed by atoms with van der Waals surface area (Å²) in [7, 11) is 0. The van der Waals surface area contributed by atoms with Crippen LogP contribution in [0.5, 0.6) is 0 Å². The second-order valence-electron chi connectivity index (χ2n) is 7.72. The van der Waals surface area contributed by atoms with Gasteiger partial charge in [0.1, 0.15) is 0 Å².